The smallest absolute Gasteiger partial charge is 0.371 e. The third-order valence-corrected chi connectivity index (χ3v) is 4.54. The van der Waals surface area contributed by atoms with E-state index in [9.17, 15) is 14.0 Å². The van der Waals surface area contributed by atoms with Gasteiger partial charge in [-0.1, -0.05) is 6.07 Å². The van der Waals surface area contributed by atoms with Gasteiger partial charge in [0.05, 0.1) is 4.47 Å². The number of halogens is 2. The highest BCUT2D eigenvalue weighted by Crippen LogP contribution is 2.38. The van der Waals surface area contributed by atoms with E-state index in [2.05, 4.69) is 21.2 Å². The Balaban J connectivity index is 1.56. The number of rotatable bonds is 4. The molecule has 2 N–H and O–H groups in total. The molecule has 2 aromatic rings. The highest BCUT2D eigenvalue weighted by Gasteiger charge is 2.32. The average molecular weight is 382 g/mol. The van der Waals surface area contributed by atoms with E-state index < -0.39 is 11.9 Å². The normalized spacial score (nSPS) is 19.9. The quantitative estimate of drug-likeness (QED) is 0.848. The van der Waals surface area contributed by atoms with E-state index in [1.165, 1.54) is 18.2 Å². The number of carboxylic acid groups (broad SMARTS) is 1. The molecule has 0 aliphatic heterocycles. The van der Waals surface area contributed by atoms with Crippen molar-refractivity contribution in [3.8, 4) is 0 Å². The molecule has 0 bridgehead atoms. The minimum absolute atomic E-state index is 0.00490. The average Bonchev–Trinajstić information content (AvgIpc) is 2.95. The first kappa shape index (κ1) is 15.7. The molecule has 120 valence electrons. The van der Waals surface area contributed by atoms with Crippen LogP contribution < -0.4 is 5.32 Å². The van der Waals surface area contributed by atoms with Crippen molar-refractivity contribution in [3.63, 3.8) is 0 Å². The van der Waals surface area contributed by atoms with Gasteiger partial charge in [-0.3, -0.25) is 4.79 Å². The maximum absolute atomic E-state index is 13.2. The summed E-state index contributed by atoms with van der Waals surface area (Å²) in [5.41, 5.74) is 1.02. The second-order valence-corrected chi connectivity index (χ2v) is 6.34. The van der Waals surface area contributed by atoms with Crippen LogP contribution in [0.4, 0.5) is 4.39 Å². The SMILES string of the molecule is O=C(O)c1ccc(C(=O)NC2CC(c3ccc(F)c(Br)c3)C2)o1. The monoisotopic (exact) mass is 381 g/mol. The van der Waals surface area contributed by atoms with Gasteiger partial charge in [-0.15, -0.1) is 0 Å². The first-order valence-electron chi connectivity index (χ1n) is 7.03. The standard InChI is InChI=1S/C16H13BrFNO4/c17-11-7-8(1-2-12(11)18)9-5-10(6-9)19-15(20)13-3-4-14(23-13)16(21)22/h1-4,7,9-10H,5-6H2,(H,19,20)(H,21,22). The van der Waals surface area contributed by atoms with Crippen molar-refractivity contribution < 1.29 is 23.5 Å². The molecule has 1 amide bonds. The number of hydrogen-bond donors (Lipinski definition) is 2. The summed E-state index contributed by atoms with van der Waals surface area (Å²) in [5.74, 6) is -1.96. The summed E-state index contributed by atoms with van der Waals surface area (Å²) in [6, 6.07) is 7.50. The maximum atomic E-state index is 13.2. The molecule has 1 heterocycles. The van der Waals surface area contributed by atoms with Crippen molar-refractivity contribution in [3.05, 3.63) is 57.7 Å². The largest absolute Gasteiger partial charge is 0.475 e. The van der Waals surface area contributed by atoms with Gasteiger partial charge in [0.1, 0.15) is 5.82 Å². The van der Waals surface area contributed by atoms with Gasteiger partial charge in [0, 0.05) is 6.04 Å². The lowest BCUT2D eigenvalue weighted by Crippen LogP contribution is -2.43. The number of benzene rings is 1. The molecule has 1 aliphatic carbocycles. The maximum Gasteiger partial charge on any atom is 0.371 e. The zero-order valence-electron chi connectivity index (χ0n) is 11.9. The number of aromatic carboxylic acids is 1. The van der Waals surface area contributed by atoms with E-state index in [1.54, 1.807) is 12.1 Å². The van der Waals surface area contributed by atoms with Crippen LogP contribution in [0.15, 0.2) is 39.2 Å². The fraction of sp³-hybridized carbons (Fsp3) is 0.250. The second kappa shape index (κ2) is 6.16. The van der Waals surface area contributed by atoms with Crippen LogP contribution in [-0.4, -0.2) is 23.0 Å². The van der Waals surface area contributed by atoms with Gasteiger partial charge in [0.2, 0.25) is 5.76 Å². The molecule has 23 heavy (non-hydrogen) atoms. The Bertz CT molecular complexity index is 767. The number of carboxylic acids is 1. The van der Waals surface area contributed by atoms with Crippen LogP contribution >= 0.6 is 15.9 Å². The molecular weight excluding hydrogens is 369 g/mol. The lowest BCUT2D eigenvalue weighted by Gasteiger charge is -2.36. The lowest BCUT2D eigenvalue weighted by atomic mass is 9.76. The number of nitrogens with one attached hydrogen (secondary N) is 1. The van der Waals surface area contributed by atoms with Gasteiger partial charge in [0.25, 0.3) is 5.91 Å². The highest BCUT2D eigenvalue weighted by atomic mass is 79.9. The molecule has 1 aromatic heterocycles. The minimum atomic E-state index is -1.21. The van der Waals surface area contributed by atoms with Crippen LogP contribution in [0.1, 0.15) is 45.4 Å². The fourth-order valence-corrected chi connectivity index (χ4v) is 3.00. The van der Waals surface area contributed by atoms with E-state index >= 15 is 0 Å². The Morgan fingerprint density at radius 3 is 2.52 bits per heavy atom. The van der Waals surface area contributed by atoms with Gasteiger partial charge in [0.15, 0.2) is 5.76 Å². The first-order chi connectivity index (χ1) is 10.9. The van der Waals surface area contributed by atoms with Crippen LogP contribution in [0.2, 0.25) is 0 Å². The minimum Gasteiger partial charge on any atom is -0.475 e. The molecule has 0 saturated heterocycles. The van der Waals surface area contributed by atoms with Gasteiger partial charge in [-0.2, -0.15) is 0 Å². The predicted molar refractivity (Wildman–Crippen MR) is 83.0 cm³/mol. The fourth-order valence-electron chi connectivity index (χ4n) is 2.61. The van der Waals surface area contributed by atoms with E-state index in [1.807, 2.05) is 0 Å². The molecule has 1 aliphatic rings. The third-order valence-electron chi connectivity index (χ3n) is 3.93. The lowest BCUT2D eigenvalue weighted by molar-refractivity contribution is 0.0659. The molecule has 0 spiro atoms. The van der Waals surface area contributed by atoms with Crippen molar-refractivity contribution in [2.75, 3.05) is 0 Å². The Morgan fingerprint density at radius 2 is 1.91 bits per heavy atom. The first-order valence-corrected chi connectivity index (χ1v) is 7.82. The van der Waals surface area contributed by atoms with E-state index in [4.69, 9.17) is 9.52 Å². The Labute approximate surface area is 139 Å². The van der Waals surface area contributed by atoms with Crippen molar-refractivity contribution in [1.82, 2.24) is 5.32 Å². The van der Waals surface area contributed by atoms with Crippen molar-refractivity contribution in [1.29, 1.82) is 0 Å². The molecule has 5 nitrogen and oxygen atoms in total. The topological polar surface area (TPSA) is 79.5 Å². The summed E-state index contributed by atoms with van der Waals surface area (Å²) < 4.78 is 18.6. The van der Waals surface area contributed by atoms with E-state index in [-0.39, 0.29) is 29.3 Å². The number of furan rings is 1. The molecule has 3 rings (SSSR count). The summed E-state index contributed by atoms with van der Waals surface area (Å²) >= 11 is 3.16. The number of amides is 1. The van der Waals surface area contributed by atoms with Crippen LogP contribution in [0.3, 0.4) is 0 Å². The number of carbonyl (C=O) groups is 2. The van der Waals surface area contributed by atoms with Gasteiger partial charge >= 0.3 is 5.97 Å². The molecule has 1 fully saturated rings. The zero-order valence-corrected chi connectivity index (χ0v) is 13.5. The summed E-state index contributed by atoms with van der Waals surface area (Å²) in [6.45, 7) is 0. The van der Waals surface area contributed by atoms with Gasteiger partial charge in [-0.25, -0.2) is 9.18 Å². The molecule has 1 saturated carbocycles. The van der Waals surface area contributed by atoms with Crippen LogP contribution in [0.25, 0.3) is 0 Å². The molecule has 7 heteroatoms. The molecule has 0 unspecified atom stereocenters. The number of carbonyl (C=O) groups excluding carboxylic acids is 1. The summed E-state index contributed by atoms with van der Waals surface area (Å²) in [5, 5.41) is 11.6. The van der Waals surface area contributed by atoms with E-state index in [0.717, 1.165) is 18.4 Å². The van der Waals surface area contributed by atoms with Crippen LogP contribution in [0, 0.1) is 5.82 Å². The van der Waals surface area contributed by atoms with Crippen molar-refractivity contribution in [2.45, 2.75) is 24.8 Å². The van der Waals surface area contributed by atoms with Gasteiger partial charge < -0.3 is 14.8 Å². The highest BCUT2D eigenvalue weighted by molar-refractivity contribution is 9.10. The molecular formula is C16H13BrFNO4. The predicted octanol–water partition coefficient (Wildman–Crippen LogP) is 3.56. The van der Waals surface area contributed by atoms with Crippen molar-refractivity contribution >= 4 is 27.8 Å². The Kier molecular flexibility index (Phi) is 4.21. The van der Waals surface area contributed by atoms with Gasteiger partial charge in [-0.05, 0) is 64.5 Å². The second-order valence-electron chi connectivity index (χ2n) is 5.48. The van der Waals surface area contributed by atoms with Crippen LogP contribution in [-0.2, 0) is 0 Å². The molecule has 1 aromatic carbocycles. The summed E-state index contributed by atoms with van der Waals surface area (Å²) in [7, 11) is 0. The summed E-state index contributed by atoms with van der Waals surface area (Å²) in [6.07, 6.45) is 1.49. The number of hydrogen-bond acceptors (Lipinski definition) is 3. The van der Waals surface area contributed by atoms with Crippen molar-refractivity contribution in [2.24, 2.45) is 0 Å². The Morgan fingerprint density at radius 1 is 1.22 bits per heavy atom. The third kappa shape index (κ3) is 3.29. The molecule has 0 atom stereocenters. The van der Waals surface area contributed by atoms with Crippen LogP contribution in [0.5, 0.6) is 0 Å². The molecule has 0 radical (unpaired) electrons. The zero-order chi connectivity index (χ0) is 16.6. The van der Waals surface area contributed by atoms with E-state index in [0.29, 0.717) is 4.47 Å². The Hall–Kier alpha value is -2.15. The summed E-state index contributed by atoms with van der Waals surface area (Å²) in [4.78, 5) is 22.7.